The van der Waals surface area contributed by atoms with E-state index in [1.165, 1.54) is 83.5 Å². The first kappa shape index (κ1) is 19.0. The van der Waals surface area contributed by atoms with E-state index in [9.17, 15) is 0 Å². The molecule has 0 aromatic heterocycles. The van der Waals surface area contributed by atoms with E-state index < -0.39 is 0 Å². The average molecular weight is 269 g/mol. The normalized spacial score (nSPS) is 14.5. The summed E-state index contributed by atoms with van der Waals surface area (Å²) < 4.78 is 0. The van der Waals surface area contributed by atoms with E-state index >= 15 is 0 Å². The van der Waals surface area contributed by atoms with Crippen LogP contribution in [-0.2, 0) is 0 Å². The van der Waals surface area contributed by atoms with Crippen LogP contribution in [0.25, 0.3) is 0 Å². The van der Waals surface area contributed by atoms with Gasteiger partial charge in [-0.25, -0.2) is 0 Å². The minimum absolute atomic E-state index is 0.941. The van der Waals surface area contributed by atoms with Crippen molar-refractivity contribution in [1.29, 1.82) is 0 Å². The molecule has 19 heavy (non-hydrogen) atoms. The van der Waals surface area contributed by atoms with Crippen molar-refractivity contribution in [2.24, 2.45) is 11.8 Å². The molecule has 116 valence electrons. The maximum atomic E-state index is 2.47. The summed E-state index contributed by atoms with van der Waals surface area (Å²) in [6, 6.07) is 0. The summed E-state index contributed by atoms with van der Waals surface area (Å²) in [5, 5.41) is 0. The summed E-state index contributed by atoms with van der Waals surface area (Å²) in [5.74, 6) is 1.88. The fraction of sp³-hybridized carbons (Fsp3) is 1.00. The predicted octanol–water partition coefficient (Wildman–Crippen LogP) is 7.37. The smallest absolute Gasteiger partial charge is 0.0417 e. The maximum absolute atomic E-state index is 2.47. The van der Waals surface area contributed by atoms with Crippen molar-refractivity contribution >= 4 is 0 Å². The van der Waals surface area contributed by atoms with Crippen LogP contribution < -0.4 is 0 Å². The number of rotatable bonds is 14. The molecule has 2 atom stereocenters. The van der Waals surface area contributed by atoms with Crippen LogP contribution in [0.2, 0.25) is 0 Å². The van der Waals surface area contributed by atoms with E-state index in [4.69, 9.17) is 0 Å². The van der Waals surface area contributed by atoms with Crippen molar-refractivity contribution in [3.63, 3.8) is 0 Å². The molecule has 0 spiro atoms. The Morgan fingerprint density at radius 3 is 1.26 bits per heavy atom. The molecule has 0 aliphatic heterocycles. The first-order chi connectivity index (χ1) is 9.22. The summed E-state index contributed by atoms with van der Waals surface area (Å²) in [5.41, 5.74) is 0. The van der Waals surface area contributed by atoms with Gasteiger partial charge >= 0.3 is 0 Å². The SMILES string of the molecule is CCCCCCCCCCC(C)C(C)CCCCC. The van der Waals surface area contributed by atoms with Gasteiger partial charge in [-0.05, 0) is 11.8 Å². The lowest BCUT2D eigenvalue weighted by Crippen LogP contribution is -2.08. The van der Waals surface area contributed by atoms with Gasteiger partial charge in [0.2, 0.25) is 0 Å². The molecule has 2 unspecified atom stereocenters. The Bertz CT molecular complexity index is 161. The molecule has 0 nitrogen and oxygen atoms in total. The van der Waals surface area contributed by atoms with Crippen molar-refractivity contribution in [3.8, 4) is 0 Å². The van der Waals surface area contributed by atoms with Crippen molar-refractivity contribution in [2.75, 3.05) is 0 Å². The third-order valence-electron chi connectivity index (χ3n) is 4.75. The maximum Gasteiger partial charge on any atom is -0.0417 e. The monoisotopic (exact) mass is 268 g/mol. The Hall–Kier alpha value is 0. The van der Waals surface area contributed by atoms with Crippen molar-refractivity contribution < 1.29 is 0 Å². The van der Waals surface area contributed by atoms with E-state index in [0.717, 1.165) is 11.8 Å². The van der Waals surface area contributed by atoms with E-state index in [1.54, 1.807) is 0 Å². The quantitative estimate of drug-likeness (QED) is 0.288. The van der Waals surface area contributed by atoms with Gasteiger partial charge in [-0.2, -0.15) is 0 Å². The molecule has 0 saturated carbocycles. The lowest BCUT2D eigenvalue weighted by Gasteiger charge is -2.19. The molecule has 0 heteroatoms. The van der Waals surface area contributed by atoms with Gasteiger partial charge in [0.25, 0.3) is 0 Å². The van der Waals surface area contributed by atoms with E-state index in [-0.39, 0.29) is 0 Å². The summed E-state index contributed by atoms with van der Waals surface area (Å²) in [7, 11) is 0. The molecule has 0 aliphatic carbocycles. The summed E-state index contributed by atoms with van der Waals surface area (Å²) in [4.78, 5) is 0. The largest absolute Gasteiger partial charge is 0.0654 e. The van der Waals surface area contributed by atoms with Crippen molar-refractivity contribution in [2.45, 2.75) is 111 Å². The Balaban J connectivity index is 3.29. The highest BCUT2D eigenvalue weighted by atomic mass is 14.2. The van der Waals surface area contributed by atoms with Gasteiger partial charge in [-0.15, -0.1) is 0 Å². The molecule has 0 N–H and O–H groups in total. The molecule has 0 heterocycles. The Labute approximate surface area is 123 Å². The summed E-state index contributed by atoms with van der Waals surface area (Å²) in [6.45, 7) is 9.53. The van der Waals surface area contributed by atoms with Gasteiger partial charge in [0.1, 0.15) is 0 Å². The van der Waals surface area contributed by atoms with Gasteiger partial charge in [0, 0.05) is 0 Å². The average Bonchev–Trinajstić information content (AvgIpc) is 2.41. The molecule has 0 bridgehead atoms. The first-order valence-corrected chi connectivity index (χ1v) is 9.22. The second-order valence-electron chi connectivity index (χ2n) is 6.71. The standard InChI is InChI=1S/C19H40/c1-5-7-9-10-11-12-13-15-17-19(4)18(3)16-14-8-6-2/h18-19H,5-17H2,1-4H3. The molecule has 0 amide bonds. The van der Waals surface area contributed by atoms with Gasteiger partial charge in [0.05, 0.1) is 0 Å². The molecule has 0 aromatic rings. The fourth-order valence-corrected chi connectivity index (χ4v) is 2.89. The molecule has 0 aromatic carbocycles. The van der Waals surface area contributed by atoms with Crippen molar-refractivity contribution in [3.05, 3.63) is 0 Å². The van der Waals surface area contributed by atoms with Crippen LogP contribution >= 0.6 is 0 Å². The van der Waals surface area contributed by atoms with Gasteiger partial charge < -0.3 is 0 Å². The molecule has 0 radical (unpaired) electrons. The van der Waals surface area contributed by atoms with Crippen molar-refractivity contribution in [1.82, 2.24) is 0 Å². The number of hydrogen-bond donors (Lipinski definition) is 0. The summed E-state index contributed by atoms with van der Waals surface area (Å²) in [6.07, 6.45) is 18.8. The van der Waals surface area contributed by atoms with Crippen LogP contribution in [0.4, 0.5) is 0 Å². The Morgan fingerprint density at radius 1 is 0.474 bits per heavy atom. The van der Waals surface area contributed by atoms with Gasteiger partial charge in [0.15, 0.2) is 0 Å². The van der Waals surface area contributed by atoms with Crippen LogP contribution in [0.1, 0.15) is 111 Å². The van der Waals surface area contributed by atoms with Gasteiger partial charge in [-0.1, -0.05) is 111 Å². The molecule has 0 saturated heterocycles. The molecular formula is C19H40. The lowest BCUT2D eigenvalue weighted by atomic mass is 9.87. The highest BCUT2D eigenvalue weighted by Gasteiger charge is 2.11. The van der Waals surface area contributed by atoms with E-state index in [1.807, 2.05) is 0 Å². The zero-order valence-electron chi connectivity index (χ0n) is 14.3. The zero-order valence-corrected chi connectivity index (χ0v) is 14.3. The molecule has 0 fully saturated rings. The second-order valence-corrected chi connectivity index (χ2v) is 6.71. The number of hydrogen-bond acceptors (Lipinski definition) is 0. The minimum Gasteiger partial charge on any atom is -0.0654 e. The third-order valence-corrected chi connectivity index (χ3v) is 4.75. The highest BCUT2D eigenvalue weighted by Crippen LogP contribution is 2.23. The number of unbranched alkanes of at least 4 members (excludes halogenated alkanes) is 9. The fourth-order valence-electron chi connectivity index (χ4n) is 2.89. The topological polar surface area (TPSA) is 0 Å². The zero-order chi connectivity index (χ0) is 14.3. The minimum atomic E-state index is 0.941. The third kappa shape index (κ3) is 12.8. The van der Waals surface area contributed by atoms with Crippen LogP contribution in [-0.4, -0.2) is 0 Å². The Morgan fingerprint density at radius 2 is 0.789 bits per heavy atom. The molecular weight excluding hydrogens is 228 g/mol. The van der Waals surface area contributed by atoms with E-state index in [0.29, 0.717) is 0 Å². The van der Waals surface area contributed by atoms with Gasteiger partial charge in [-0.3, -0.25) is 0 Å². The summed E-state index contributed by atoms with van der Waals surface area (Å²) >= 11 is 0. The van der Waals surface area contributed by atoms with Crippen LogP contribution in [0, 0.1) is 11.8 Å². The second kappa shape index (κ2) is 14.4. The molecule has 0 aliphatic rings. The molecule has 0 rings (SSSR count). The lowest BCUT2D eigenvalue weighted by molar-refractivity contribution is 0.323. The van der Waals surface area contributed by atoms with Crippen LogP contribution in [0.5, 0.6) is 0 Å². The predicted molar refractivity (Wildman–Crippen MR) is 89.7 cm³/mol. The Kier molecular flexibility index (Phi) is 14.4. The van der Waals surface area contributed by atoms with Crippen LogP contribution in [0.3, 0.4) is 0 Å². The van der Waals surface area contributed by atoms with E-state index in [2.05, 4.69) is 27.7 Å². The highest BCUT2D eigenvalue weighted by molar-refractivity contribution is 4.62. The van der Waals surface area contributed by atoms with Crippen LogP contribution in [0.15, 0.2) is 0 Å². The first-order valence-electron chi connectivity index (χ1n) is 9.22.